The molecule has 0 aliphatic rings. The lowest BCUT2D eigenvalue weighted by atomic mass is 10.1. The van der Waals surface area contributed by atoms with Crippen LogP contribution in [0.2, 0.25) is 0 Å². The summed E-state index contributed by atoms with van der Waals surface area (Å²) >= 11 is 0. The van der Waals surface area contributed by atoms with Gasteiger partial charge in [0.2, 0.25) is 0 Å². The van der Waals surface area contributed by atoms with Gasteiger partial charge in [-0.1, -0.05) is 167 Å². The van der Waals surface area contributed by atoms with E-state index in [-0.39, 0.29) is 38.6 Å². The molecule has 0 saturated carbocycles. The van der Waals surface area contributed by atoms with Crippen LogP contribution in [0.4, 0.5) is 0 Å². The zero-order chi connectivity index (χ0) is 37.5. The Kier molecular flexibility index (Phi) is 37.5. The molecule has 0 aliphatic carbocycles. The van der Waals surface area contributed by atoms with Crippen molar-refractivity contribution in [3.8, 4) is 0 Å². The molecule has 3 N–H and O–H groups in total. The van der Waals surface area contributed by atoms with Gasteiger partial charge in [0.25, 0.3) is 0 Å². The van der Waals surface area contributed by atoms with E-state index in [1.165, 1.54) is 135 Å². The van der Waals surface area contributed by atoms with E-state index >= 15 is 0 Å². The van der Waals surface area contributed by atoms with E-state index < -0.39 is 26.5 Å². The van der Waals surface area contributed by atoms with E-state index in [0.717, 1.165) is 38.5 Å². The Morgan fingerprint density at radius 3 is 1.39 bits per heavy atom. The topological polar surface area (TPSA) is 134 Å². The number of allylic oxidation sites excluding steroid dienone is 2. The monoisotopic (exact) mass is 746 g/mol. The quantitative estimate of drug-likeness (QED) is 0.0272. The van der Waals surface area contributed by atoms with Gasteiger partial charge in [0.05, 0.1) is 13.2 Å². The van der Waals surface area contributed by atoms with Gasteiger partial charge in [-0.2, -0.15) is 0 Å². The SMILES string of the molecule is CCCCCCCC/C=C\CCCCCCCCCCCC(=O)OC(COC(=O)CCCCCCCCCCCCC)COP(=O)(O)OCCN. The minimum absolute atomic E-state index is 0.0558. The van der Waals surface area contributed by atoms with Crippen molar-refractivity contribution < 1.29 is 37.6 Å². The second-order valence-electron chi connectivity index (χ2n) is 14.2. The highest BCUT2D eigenvalue weighted by Gasteiger charge is 2.26. The van der Waals surface area contributed by atoms with Gasteiger partial charge in [0, 0.05) is 19.4 Å². The van der Waals surface area contributed by atoms with Gasteiger partial charge < -0.3 is 20.1 Å². The Labute approximate surface area is 313 Å². The first kappa shape index (κ1) is 49.8. The van der Waals surface area contributed by atoms with Gasteiger partial charge in [-0.15, -0.1) is 0 Å². The third-order valence-electron chi connectivity index (χ3n) is 9.15. The summed E-state index contributed by atoms with van der Waals surface area (Å²) in [6.07, 6.45) is 38.1. The molecule has 10 heteroatoms. The van der Waals surface area contributed by atoms with Crippen molar-refractivity contribution in [1.82, 2.24) is 0 Å². The number of esters is 2. The Balaban J connectivity index is 4.11. The molecule has 302 valence electrons. The number of phosphoric acid groups is 1. The molecule has 51 heavy (non-hydrogen) atoms. The molecule has 0 aromatic carbocycles. The summed E-state index contributed by atoms with van der Waals surface area (Å²) in [4.78, 5) is 34.8. The highest BCUT2D eigenvalue weighted by atomic mass is 31.2. The van der Waals surface area contributed by atoms with Crippen LogP contribution in [0.3, 0.4) is 0 Å². The summed E-state index contributed by atoms with van der Waals surface area (Å²) in [5.41, 5.74) is 5.34. The van der Waals surface area contributed by atoms with E-state index in [9.17, 15) is 19.0 Å². The van der Waals surface area contributed by atoms with Crippen LogP contribution < -0.4 is 5.73 Å². The Bertz CT molecular complexity index is 856. The summed E-state index contributed by atoms with van der Waals surface area (Å²) in [6.45, 7) is 3.73. The van der Waals surface area contributed by atoms with Gasteiger partial charge in [-0.05, 0) is 38.5 Å². The average Bonchev–Trinajstić information content (AvgIpc) is 3.11. The van der Waals surface area contributed by atoms with E-state index in [1.54, 1.807) is 0 Å². The first-order valence-electron chi connectivity index (χ1n) is 21.2. The summed E-state index contributed by atoms with van der Waals surface area (Å²) < 4.78 is 32.7. The number of unbranched alkanes of at least 4 members (excludes halogenated alkanes) is 25. The molecule has 9 nitrogen and oxygen atoms in total. The predicted octanol–water partition coefficient (Wildman–Crippen LogP) is 11.8. The second-order valence-corrected chi connectivity index (χ2v) is 15.7. The maximum absolute atomic E-state index is 12.6. The Hall–Kier alpha value is -1.25. The standard InChI is InChI=1S/C41H80NO8P/c1-3-5-7-9-11-13-15-16-17-18-19-20-21-22-24-26-28-30-32-34-41(44)50-39(38-49-51(45,46)48-36-35-42)37-47-40(43)33-31-29-27-25-23-14-12-10-8-6-4-2/h16-17,39H,3-15,18-38,42H2,1-2H3,(H,45,46)/b17-16-. The first-order chi connectivity index (χ1) is 24.8. The number of nitrogens with two attached hydrogens (primary N) is 1. The van der Waals surface area contributed by atoms with Crippen molar-refractivity contribution in [3.05, 3.63) is 12.2 Å². The molecule has 0 amide bonds. The Morgan fingerprint density at radius 1 is 0.569 bits per heavy atom. The molecule has 0 spiro atoms. The molecular formula is C41H80NO8P. The fraction of sp³-hybridized carbons (Fsp3) is 0.902. The van der Waals surface area contributed by atoms with Crippen LogP contribution in [0.1, 0.15) is 206 Å². The van der Waals surface area contributed by atoms with Crippen LogP contribution in [0.25, 0.3) is 0 Å². The van der Waals surface area contributed by atoms with Crippen molar-refractivity contribution in [2.45, 2.75) is 213 Å². The molecule has 2 atom stereocenters. The van der Waals surface area contributed by atoms with E-state index in [1.807, 2.05) is 0 Å². The zero-order valence-electron chi connectivity index (χ0n) is 33.1. The molecule has 0 aromatic heterocycles. The third kappa shape index (κ3) is 38.3. The van der Waals surface area contributed by atoms with Gasteiger partial charge in [-0.3, -0.25) is 18.6 Å². The largest absolute Gasteiger partial charge is 0.472 e. The van der Waals surface area contributed by atoms with Crippen LogP contribution in [0.5, 0.6) is 0 Å². The Morgan fingerprint density at radius 2 is 0.961 bits per heavy atom. The molecule has 0 aromatic rings. The van der Waals surface area contributed by atoms with Gasteiger partial charge in [0.1, 0.15) is 6.61 Å². The first-order valence-corrected chi connectivity index (χ1v) is 22.7. The van der Waals surface area contributed by atoms with Crippen molar-refractivity contribution >= 4 is 19.8 Å². The third-order valence-corrected chi connectivity index (χ3v) is 10.1. The van der Waals surface area contributed by atoms with Crippen LogP contribution in [-0.2, 0) is 32.7 Å². The van der Waals surface area contributed by atoms with Crippen LogP contribution >= 0.6 is 7.82 Å². The minimum Gasteiger partial charge on any atom is -0.462 e. The summed E-state index contributed by atoms with van der Waals surface area (Å²) in [6, 6.07) is 0. The molecule has 0 radical (unpaired) electrons. The molecular weight excluding hydrogens is 665 g/mol. The molecule has 0 aliphatic heterocycles. The molecule has 0 fully saturated rings. The van der Waals surface area contributed by atoms with Crippen molar-refractivity contribution in [2.24, 2.45) is 5.73 Å². The number of hydrogen-bond acceptors (Lipinski definition) is 8. The average molecular weight is 746 g/mol. The fourth-order valence-corrected chi connectivity index (χ4v) is 6.75. The van der Waals surface area contributed by atoms with Crippen molar-refractivity contribution in [3.63, 3.8) is 0 Å². The number of phosphoric ester groups is 1. The van der Waals surface area contributed by atoms with E-state index in [4.69, 9.17) is 24.3 Å². The number of rotatable bonds is 40. The summed E-state index contributed by atoms with van der Waals surface area (Å²) in [5, 5.41) is 0. The van der Waals surface area contributed by atoms with Crippen LogP contribution in [0.15, 0.2) is 12.2 Å². The highest BCUT2D eigenvalue weighted by Crippen LogP contribution is 2.43. The maximum atomic E-state index is 12.6. The lowest BCUT2D eigenvalue weighted by Gasteiger charge is -2.19. The van der Waals surface area contributed by atoms with Gasteiger partial charge >= 0.3 is 19.8 Å². The van der Waals surface area contributed by atoms with Crippen LogP contribution in [0, 0.1) is 0 Å². The van der Waals surface area contributed by atoms with Gasteiger partial charge in [0.15, 0.2) is 6.10 Å². The molecule has 0 saturated heterocycles. The van der Waals surface area contributed by atoms with Crippen LogP contribution in [-0.4, -0.2) is 49.3 Å². The minimum atomic E-state index is -4.37. The second kappa shape index (κ2) is 38.5. The highest BCUT2D eigenvalue weighted by molar-refractivity contribution is 7.47. The normalized spacial score (nSPS) is 13.4. The summed E-state index contributed by atoms with van der Waals surface area (Å²) in [7, 11) is -4.37. The number of carbonyl (C=O) groups is 2. The lowest BCUT2D eigenvalue weighted by molar-refractivity contribution is -0.161. The lowest BCUT2D eigenvalue weighted by Crippen LogP contribution is -2.29. The molecule has 0 heterocycles. The molecule has 0 bridgehead atoms. The molecule has 2 unspecified atom stereocenters. The van der Waals surface area contributed by atoms with Crippen molar-refractivity contribution in [1.29, 1.82) is 0 Å². The van der Waals surface area contributed by atoms with E-state index in [2.05, 4.69) is 26.0 Å². The van der Waals surface area contributed by atoms with Gasteiger partial charge in [-0.25, -0.2) is 4.57 Å². The maximum Gasteiger partial charge on any atom is 0.472 e. The summed E-state index contributed by atoms with van der Waals surface area (Å²) in [5.74, 6) is -0.823. The number of carbonyl (C=O) groups excluding carboxylic acids is 2. The zero-order valence-corrected chi connectivity index (χ0v) is 34.0. The smallest absolute Gasteiger partial charge is 0.462 e. The fourth-order valence-electron chi connectivity index (χ4n) is 5.98. The van der Waals surface area contributed by atoms with E-state index in [0.29, 0.717) is 6.42 Å². The predicted molar refractivity (Wildman–Crippen MR) is 211 cm³/mol. The number of hydrogen-bond donors (Lipinski definition) is 2. The molecule has 0 rings (SSSR count). The number of ether oxygens (including phenoxy) is 2. The van der Waals surface area contributed by atoms with Crippen molar-refractivity contribution in [2.75, 3.05) is 26.4 Å².